The van der Waals surface area contributed by atoms with E-state index in [2.05, 4.69) is 4.90 Å². The minimum Gasteiger partial charge on any atom is -0.345 e. The van der Waals surface area contributed by atoms with Crippen molar-refractivity contribution in [1.29, 1.82) is 0 Å². The fourth-order valence-electron chi connectivity index (χ4n) is 3.27. The molecule has 7 nitrogen and oxygen atoms in total. The average molecular weight is 393 g/mol. The first kappa shape index (κ1) is 17.4. The molecule has 0 saturated carbocycles. The van der Waals surface area contributed by atoms with E-state index in [-0.39, 0.29) is 5.91 Å². The summed E-state index contributed by atoms with van der Waals surface area (Å²) in [5.74, 6) is -0.292. The van der Waals surface area contributed by atoms with E-state index in [0.29, 0.717) is 45.6 Å². The highest BCUT2D eigenvalue weighted by Gasteiger charge is 2.37. The molecular weight excluding hydrogens is 372 g/mol. The summed E-state index contributed by atoms with van der Waals surface area (Å²) in [7, 11) is -3.68. The normalized spacial score (nSPS) is 19.3. The molecule has 2 fully saturated rings. The first-order valence-corrected chi connectivity index (χ1v) is 10.9. The Morgan fingerprint density at radius 2 is 1.73 bits per heavy atom. The van der Waals surface area contributed by atoms with Crippen LogP contribution in [0.25, 0.3) is 11.3 Å². The first-order valence-electron chi connectivity index (χ1n) is 8.62. The minimum atomic E-state index is -3.68. The van der Waals surface area contributed by atoms with Crippen molar-refractivity contribution in [2.45, 2.75) is 12.8 Å². The third-order valence-electron chi connectivity index (χ3n) is 4.71. The van der Waals surface area contributed by atoms with E-state index in [1.807, 2.05) is 35.7 Å². The number of rotatable bonds is 4. The van der Waals surface area contributed by atoms with Crippen LogP contribution in [0, 0.1) is 0 Å². The molecular formula is C17H20N4O3S2. The highest BCUT2D eigenvalue weighted by atomic mass is 32.2. The second-order valence-corrected chi connectivity index (χ2v) is 9.03. The standard InChI is InChI=1S/C17H20N4O3S2/c22-16-7-4-8-21(16)26(23,24)20-11-9-19(10-12-20)17-18-15(13-25-17)14-5-2-1-3-6-14/h1-3,5-6,13H,4,7-12H2. The number of nitrogens with zero attached hydrogens (tertiary/aromatic N) is 4. The first-order chi connectivity index (χ1) is 12.6. The van der Waals surface area contributed by atoms with E-state index >= 15 is 0 Å². The van der Waals surface area contributed by atoms with Gasteiger partial charge in [-0.05, 0) is 6.42 Å². The largest absolute Gasteiger partial charge is 0.345 e. The maximum atomic E-state index is 12.6. The van der Waals surface area contributed by atoms with Crippen LogP contribution in [0.15, 0.2) is 35.7 Å². The molecule has 1 aromatic heterocycles. The monoisotopic (exact) mass is 392 g/mol. The Bertz CT molecular complexity index is 890. The van der Waals surface area contributed by atoms with E-state index < -0.39 is 10.2 Å². The van der Waals surface area contributed by atoms with Gasteiger partial charge in [-0.3, -0.25) is 4.79 Å². The van der Waals surface area contributed by atoms with Gasteiger partial charge in [0.05, 0.1) is 5.69 Å². The quantitative estimate of drug-likeness (QED) is 0.793. The van der Waals surface area contributed by atoms with Crippen molar-refractivity contribution in [3.8, 4) is 11.3 Å². The number of anilines is 1. The number of amides is 1. The summed E-state index contributed by atoms with van der Waals surface area (Å²) in [6.45, 7) is 2.18. The Balaban J connectivity index is 1.43. The molecule has 0 radical (unpaired) electrons. The zero-order valence-electron chi connectivity index (χ0n) is 14.2. The maximum Gasteiger partial charge on any atom is 0.306 e. The number of thiazole rings is 1. The molecule has 3 heterocycles. The van der Waals surface area contributed by atoms with Crippen LogP contribution in [0.2, 0.25) is 0 Å². The molecule has 0 atom stereocenters. The van der Waals surface area contributed by atoms with Crippen LogP contribution in [0.5, 0.6) is 0 Å². The zero-order valence-corrected chi connectivity index (χ0v) is 15.9. The van der Waals surface area contributed by atoms with Gasteiger partial charge in [-0.2, -0.15) is 12.7 Å². The molecule has 26 heavy (non-hydrogen) atoms. The predicted octanol–water partition coefficient (Wildman–Crippen LogP) is 1.80. The molecule has 0 unspecified atom stereocenters. The van der Waals surface area contributed by atoms with Gasteiger partial charge in [0, 0.05) is 50.1 Å². The average Bonchev–Trinajstić information content (AvgIpc) is 3.32. The van der Waals surface area contributed by atoms with Crippen molar-refractivity contribution >= 4 is 32.6 Å². The summed E-state index contributed by atoms with van der Waals surface area (Å²) in [5.41, 5.74) is 2.01. The zero-order chi connectivity index (χ0) is 18.1. The van der Waals surface area contributed by atoms with Crippen molar-refractivity contribution < 1.29 is 13.2 Å². The number of benzene rings is 1. The molecule has 0 aliphatic carbocycles. The molecule has 0 spiro atoms. The molecule has 2 saturated heterocycles. The Hall–Kier alpha value is -1.97. The highest BCUT2D eigenvalue weighted by molar-refractivity contribution is 7.87. The summed E-state index contributed by atoms with van der Waals surface area (Å²) >= 11 is 1.57. The molecule has 1 aromatic carbocycles. The van der Waals surface area contributed by atoms with Crippen molar-refractivity contribution in [2.75, 3.05) is 37.6 Å². The molecule has 9 heteroatoms. The summed E-state index contributed by atoms with van der Waals surface area (Å²) in [4.78, 5) is 18.6. The molecule has 2 aliphatic heterocycles. The van der Waals surface area contributed by atoms with Crippen LogP contribution in [-0.2, 0) is 15.0 Å². The highest BCUT2D eigenvalue weighted by Crippen LogP contribution is 2.28. The SMILES string of the molecule is O=C1CCCN1S(=O)(=O)N1CCN(c2nc(-c3ccccc3)cs2)CC1. The van der Waals surface area contributed by atoms with Crippen LogP contribution in [-0.4, -0.2) is 60.6 Å². The number of hydrogen-bond donors (Lipinski definition) is 0. The van der Waals surface area contributed by atoms with Crippen LogP contribution < -0.4 is 4.90 Å². The number of aromatic nitrogens is 1. The van der Waals surface area contributed by atoms with Gasteiger partial charge in [0.25, 0.3) is 0 Å². The number of carbonyl (C=O) groups is 1. The molecule has 2 aliphatic rings. The third-order valence-corrected chi connectivity index (χ3v) is 7.57. The van der Waals surface area contributed by atoms with Gasteiger partial charge in [0.2, 0.25) is 5.91 Å². The molecule has 1 amide bonds. The van der Waals surface area contributed by atoms with Crippen molar-refractivity contribution in [1.82, 2.24) is 13.6 Å². The van der Waals surface area contributed by atoms with Crippen LogP contribution in [0.4, 0.5) is 5.13 Å². The van der Waals surface area contributed by atoms with Crippen molar-refractivity contribution in [3.05, 3.63) is 35.7 Å². The fraction of sp³-hybridized carbons (Fsp3) is 0.412. The van der Waals surface area contributed by atoms with E-state index in [1.54, 1.807) is 11.3 Å². The lowest BCUT2D eigenvalue weighted by atomic mass is 10.2. The van der Waals surface area contributed by atoms with Crippen molar-refractivity contribution in [2.24, 2.45) is 0 Å². The van der Waals surface area contributed by atoms with E-state index in [9.17, 15) is 13.2 Å². The fourth-order valence-corrected chi connectivity index (χ4v) is 5.77. The maximum absolute atomic E-state index is 12.6. The summed E-state index contributed by atoms with van der Waals surface area (Å²) in [6.07, 6.45) is 0.931. The number of carbonyl (C=O) groups excluding carboxylic acids is 1. The van der Waals surface area contributed by atoms with Gasteiger partial charge in [-0.25, -0.2) is 9.29 Å². The Kier molecular flexibility index (Phi) is 4.68. The lowest BCUT2D eigenvalue weighted by molar-refractivity contribution is -0.123. The van der Waals surface area contributed by atoms with Crippen molar-refractivity contribution in [3.63, 3.8) is 0 Å². The van der Waals surface area contributed by atoms with Crippen LogP contribution >= 0.6 is 11.3 Å². The van der Waals surface area contributed by atoms with Crippen LogP contribution in [0.1, 0.15) is 12.8 Å². The summed E-state index contributed by atoms with van der Waals surface area (Å²) < 4.78 is 27.7. The number of piperazine rings is 1. The Morgan fingerprint density at radius 1 is 1.00 bits per heavy atom. The molecule has 2 aromatic rings. The predicted molar refractivity (Wildman–Crippen MR) is 101 cm³/mol. The van der Waals surface area contributed by atoms with Gasteiger partial charge >= 0.3 is 10.2 Å². The molecule has 0 bridgehead atoms. The second kappa shape index (κ2) is 6.98. The van der Waals surface area contributed by atoms with Gasteiger partial charge < -0.3 is 4.90 Å². The van der Waals surface area contributed by atoms with Gasteiger partial charge in [0.15, 0.2) is 5.13 Å². The smallest absolute Gasteiger partial charge is 0.306 e. The Morgan fingerprint density at radius 3 is 2.38 bits per heavy atom. The van der Waals surface area contributed by atoms with E-state index in [1.165, 1.54) is 4.31 Å². The van der Waals surface area contributed by atoms with Gasteiger partial charge in [0.1, 0.15) is 0 Å². The lowest BCUT2D eigenvalue weighted by Crippen LogP contribution is -2.53. The van der Waals surface area contributed by atoms with E-state index in [4.69, 9.17) is 4.98 Å². The summed E-state index contributed by atoms with van der Waals surface area (Å²) in [5, 5.41) is 2.93. The van der Waals surface area contributed by atoms with Gasteiger partial charge in [-0.1, -0.05) is 30.3 Å². The molecule has 0 N–H and O–H groups in total. The van der Waals surface area contributed by atoms with E-state index in [0.717, 1.165) is 20.7 Å². The third kappa shape index (κ3) is 3.22. The topological polar surface area (TPSA) is 73.8 Å². The lowest BCUT2D eigenvalue weighted by Gasteiger charge is -2.35. The minimum absolute atomic E-state index is 0.292. The van der Waals surface area contributed by atoms with Gasteiger partial charge in [-0.15, -0.1) is 11.3 Å². The van der Waals surface area contributed by atoms with Crippen LogP contribution in [0.3, 0.4) is 0 Å². The second-order valence-electron chi connectivity index (χ2n) is 6.34. The molecule has 4 rings (SSSR count). The summed E-state index contributed by atoms with van der Waals surface area (Å²) in [6, 6.07) is 9.99. The number of hydrogen-bond acceptors (Lipinski definition) is 6. The Labute approximate surface area is 157 Å². The molecule has 138 valence electrons.